The van der Waals surface area contributed by atoms with E-state index in [-0.39, 0.29) is 0 Å². The fourth-order valence-electron chi connectivity index (χ4n) is 9.46. The number of fused-ring (bicyclic) bond motifs is 8. The molecule has 11 aromatic carbocycles. The molecule has 280 valence electrons. The maximum Gasteiger partial charge on any atom is 0.143 e. The highest BCUT2D eigenvalue weighted by Gasteiger charge is 2.21. The van der Waals surface area contributed by atoms with E-state index in [2.05, 4.69) is 229 Å². The third-order valence-corrected chi connectivity index (χ3v) is 12.3. The summed E-state index contributed by atoms with van der Waals surface area (Å²) in [5.74, 6) is 0. The molecule has 0 aliphatic rings. The van der Waals surface area contributed by atoms with Gasteiger partial charge in [0.1, 0.15) is 11.2 Å². The lowest BCUT2D eigenvalue weighted by Crippen LogP contribution is -2.10. The molecule has 0 saturated heterocycles. The third-order valence-electron chi connectivity index (χ3n) is 12.3. The Balaban J connectivity index is 1.06. The van der Waals surface area contributed by atoms with Crippen LogP contribution in [0.1, 0.15) is 0 Å². The van der Waals surface area contributed by atoms with Gasteiger partial charge >= 0.3 is 0 Å². The molecule has 0 spiro atoms. The van der Waals surface area contributed by atoms with Crippen LogP contribution in [0.5, 0.6) is 0 Å². The average Bonchev–Trinajstić information content (AvgIpc) is 3.70. The quantitative estimate of drug-likeness (QED) is 0.168. The Morgan fingerprint density at radius 3 is 1.62 bits per heavy atom. The van der Waals surface area contributed by atoms with Crippen LogP contribution < -0.4 is 4.90 Å². The summed E-state index contributed by atoms with van der Waals surface area (Å²) in [4.78, 5) is 2.39. The topological polar surface area (TPSA) is 16.4 Å². The van der Waals surface area contributed by atoms with Crippen LogP contribution >= 0.6 is 0 Å². The number of nitrogens with zero attached hydrogens (tertiary/aromatic N) is 1. The molecule has 0 unspecified atom stereocenters. The van der Waals surface area contributed by atoms with Crippen LogP contribution in [0.15, 0.2) is 229 Å². The van der Waals surface area contributed by atoms with Crippen LogP contribution in [-0.4, -0.2) is 0 Å². The minimum Gasteiger partial charge on any atom is -0.455 e. The van der Waals surface area contributed by atoms with Crippen LogP contribution in [-0.2, 0) is 0 Å². The standard InChI is InChI=1S/C58H37NO/c1-2-13-39(14-3-1)46-24-11-18-42-19-12-25-47(57(42)46)41-27-30-43(31-28-41)59(44-32-34-53-54-33-29-40-16-5-7-21-48(40)58(54)60-56(53)37-44)55-36-35-51(50-22-8-9-23-52(50)55)49-26-10-17-38-15-4-6-20-45(38)49/h1-37H. The van der Waals surface area contributed by atoms with E-state index in [1.807, 2.05) is 0 Å². The van der Waals surface area contributed by atoms with E-state index >= 15 is 0 Å². The summed E-state index contributed by atoms with van der Waals surface area (Å²) in [5, 5.41) is 11.9. The van der Waals surface area contributed by atoms with E-state index in [0.29, 0.717) is 0 Å². The molecular formula is C58H37NO. The van der Waals surface area contributed by atoms with Crippen molar-refractivity contribution in [1.29, 1.82) is 0 Å². The van der Waals surface area contributed by atoms with Gasteiger partial charge in [0.25, 0.3) is 0 Å². The van der Waals surface area contributed by atoms with Crippen molar-refractivity contribution in [1.82, 2.24) is 0 Å². The van der Waals surface area contributed by atoms with Crippen LogP contribution in [0.4, 0.5) is 17.1 Å². The normalized spacial score (nSPS) is 11.7. The van der Waals surface area contributed by atoms with E-state index < -0.39 is 0 Å². The van der Waals surface area contributed by atoms with Crippen molar-refractivity contribution in [3.63, 3.8) is 0 Å². The first-order chi connectivity index (χ1) is 29.8. The van der Waals surface area contributed by atoms with E-state index in [0.717, 1.165) is 44.4 Å². The van der Waals surface area contributed by atoms with Gasteiger partial charge < -0.3 is 9.32 Å². The monoisotopic (exact) mass is 763 g/mol. The number of anilines is 3. The minimum absolute atomic E-state index is 0.862. The summed E-state index contributed by atoms with van der Waals surface area (Å²) < 4.78 is 6.77. The van der Waals surface area contributed by atoms with Gasteiger partial charge in [0.15, 0.2) is 0 Å². The molecule has 0 saturated carbocycles. The second-order valence-electron chi connectivity index (χ2n) is 15.6. The number of furan rings is 1. The van der Waals surface area contributed by atoms with Crippen LogP contribution in [0, 0.1) is 0 Å². The van der Waals surface area contributed by atoms with Crippen LogP contribution in [0.2, 0.25) is 0 Å². The smallest absolute Gasteiger partial charge is 0.143 e. The second-order valence-corrected chi connectivity index (χ2v) is 15.6. The Morgan fingerprint density at radius 1 is 0.300 bits per heavy atom. The van der Waals surface area contributed by atoms with Crippen molar-refractivity contribution < 1.29 is 4.42 Å². The summed E-state index contributed by atoms with van der Waals surface area (Å²) >= 11 is 0. The average molecular weight is 764 g/mol. The molecule has 0 bridgehead atoms. The molecule has 1 heterocycles. The first kappa shape index (κ1) is 34.1. The summed E-state index contributed by atoms with van der Waals surface area (Å²) in [6, 6.07) is 81.2. The van der Waals surface area contributed by atoms with E-state index in [9.17, 15) is 0 Å². The lowest BCUT2D eigenvalue weighted by molar-refractivity contribution is 0.672. The van der Waals surface area contributed by atoms with Gasteiger partial charge in [-0.2, -0.15) is 0 Å². The van der Waals surface area contributed by atoms with Gasteiger partial charge in [-0.3, -0.25) is 0 Å². The summed E-state index contributed by atoms with van der Waals surface area (Å²) in [7, 11) is 0. The van der Waals surface area contributed by atoms with Crippen LogP contribution in [0.25, 0.3) is 98.4 Å². The van der Waals surface area contributed by atoms with Crippen molar-refractivity contribution >= 4 is 82.1 Å². The molecule has 0 aliphatic heterocycles. The van der Waals surface area contributed by atoms with E-state index in [1.165, 1.54) is 71.1 Å². The van der Waals surface area contributed by atoms with E-state index in [4.69, 9.17) is 4.42 Å². The summed E-state index contributed by atoms with van der Waals surface area (Å²) in [5.41, 5.74) is 12.2. The molecule has 0 fully saturated rings. The van der Waals surface area contributed by atoms with Gasteiger partial charge in [-0.1, -0.05) is 182 Å². The van der Waals surface area contributed by atoms with E-state index in [1.54, 1.807) is 0 Å². The van der Waals surface area contributed by atoms with Crippen molar-refractivity contribution in [3.8, 4) is 33.4 Å². The van der Waals surface area contributed by atoms with Gasteiger partial charge in [-0.05, 0) is 102 Å². The molecule has 60 heavy (non-hydrogen) atoms. The molecule has 0 aliphatic carbocycles. The molecule has 0 radical (unpaired) electrons. The van der Waals surface area contributed by atoms with Crippen molar-refractivity contribution in [2.75, 3.05) is 4.90 Å². The zero-order valence-corrected chi connectivity index (χ0v) is 32.7. The molecule has 1 aromatic heterocycles. The largest absolute Gasteiger partial charge is 0.455 e. The van der Waals surface area contributed by atoms with Crippen molar-refractivity contribution in [3.05, 3.63) is 224 Å². The van der Waals surface area contributed by atoms with Crippen molar-refractivity contribution in [2.24, 2.45) is 0 Å². The summed E-state index contributed by atoms with van der Waals surface area (Å²) in [6.07, 6.45) is 0. The Kier molecular flexibility index (Phi) is 7.89. The predicted molar refractivity (Wildman–Crippen MR) is 255 cm³/mol. The molecule has 0 amide bonds. The highest BCUT2D eigenvalue weighted by molar-refractivity contribution is 6.16. The Labute approximate surface area is 347 Å². The maximum absolute atomic E-state index is 6.77. The number of hydrogen-bond donors (Lipinski definition) is 0. The highest BCUT2D eigenvalue weighted by atomic mass is 16.3. The second kappa shape index (κ2) is 13.9. The lowest BCUT2D eigenvalue weighted by Gasteiger charge is -2.28. The molecule has 0 N–H and O–H groups in total. The zero-order valence-electron chi connectivity index (χ0n) is 32.7. The molecule has 12 rings (SSSR count). The molecule has 12 aromatic rings. The van der Waals surface area contributed by atoms with Gasteiger partial charge in [-0.15, -0.1) is 0 Å². The predicted octanol–water partition coefficient (Wildman–Crippen LogP) is 16.7. The first-order valence-corrected chi connectivity index (χ1v) is 20.6. The van der Waals surface area contributed by atoms with Crippen LogP contribution in [0.3, 0.4) is 0 Å². The Morgan fingerprint density at radius 2 is 0.850 bits per heavy atom. The molecule has 0 atom stereocenters. The SMILES string of the molecule is c1ccc(-c2cccc3cccc(-c4ccc(N(c5ccc6c(c5)oc5c7ccccc7ccc65)c5ccc(-c6cccc7ccccc67)c6ccccc56)cc4)c23)cc1. The fourth-order valence-corrected chi connectivity index (χ4v) is 9.46. The molecular weight excluding hydrogens is 727 g/mol. The number of hydrogen-bond acceptors (Lipinski definition) is 2. The van der Waals surface area contributed by atoms with Gasteiger partial charge in [-0.25, -0.2) is 0 Å². The maximum atomic E-state index is 6.77. The fraction of sp³-hybridized carbons (Fsp3) is 0. The Hall–Kier alpha value is -7.94. The Bertz CT molecular complexity index is 3590. The van der Waals surface area contributed by atoms with Gasteiger partial charge in [0.2, 0.25) is 0 Å². The lowest BCUT2D eigenvalue weighted by atomic mass is 9.91. The number of rotatable bonds is 6. The van der Waals surface area contributed by atoms with Crippen molar-refractivity contribution in [2.45, 2.75) is 0 Å². The zero-order chi connectivity index (χ0) is 39.6. The first-order valence-electron chi connectivity index (χ1n) is 20.6. The highest BCUT2D eigenvalue weighted by Crippen LogP contribution is 2.46. The van der Waals surface area contributed by atoms with Gasteiger partial charge in [0, 0.05) is 39.0 Å². The number of benzene rings is 11. The molecule has 2 heteroatoms. The third kappa shape index (κ3) is 5.50. The molecule has 2 nitrogen and oxygen atoms in total. The summed E-state index contributed by atoms with van der Waals surface area (Å²) in [6.45, 7) is 0. The van der Waals surface area contributed by atoms with Gasteiger partial charge in [0.05, 0.1) is 5.69 Å². The minimum atomic E-state index is 0.862.